The van der Waals surface area contributed by atoms with E-state index < -0.39 is 22.6 Å². The number of sulfonamides is 1. The van der Waals surface area contributed by atoms with Gasteiger partial charge in [-0.25, -0.2) is 17.9 Å². The Morgan fingerprint density at radius 2 is 1.86 bits per heavy atom. The molecular weight excluding hydrogens is 400 g/mol. The predicted octanol–water partition coefficient (Wildman–Crippen LogP) is 0.862. The largest absolute Gasteiger partial charge is 0.469 e. The molecule has 0 spiro atoms. The SMILES string of the molecule is CCNS(=O)(=O)c1ccc(C)c(C(=O)OCC(=O)N2CCC(C(=O)OC)CC2)c1. The van der Waals surface area contributed by atoms with Crippen molar-refractivity contribution in [3.8, 4) is 0 Å². The maximum atomic E-state index is 12.4. The number of benzene rings is 1. The highest BCUT2D eigenvalue weighted by atomic mass is 32.2. The Kier molecular flexibility index (Phi) is 7.74. The number of rotatable bonds is 7. The molecular formula is C19H26N2O7S. The van der Waals surface area contributed by atoms with Crippen molar-refractivity contribution in [3.63, 3.8) is 0 Å². The van der Waals surface area contributed by atoms with E-state index in [-0.39, 0.29) is 34.8 Å². The maximum absolute atomic E-state index is 12.4. The summed E-state index contributed by atoms with van der Waals surface area (Å²) in [6.07, 6.45) is 0.992. The van der Waals surface area contributed by atoms with E-state index in [0.717, 1.165) is 0 Å². The molecule has 0 saturated carbocycles. The summed E-state index contributed by atoms with van der Waals surface area (Å²) in [5.41, 5.74) is 0.623. The van der Waals surface area contributed by atoms with Gasteiger partial charge in [0.1, 0.15) is 0 Å². The molecule has 0 aliphatic carbocycles. The van der Waals surface area contributed by atoms with E-state index in [1.54, 1.807) is 13.8 Å². The number of amides is 1. The van der Waals surface area contributed by atoms with Crippen LogP contribution in [0.4, 0.5) is 0 Å². The van der Waals surface area contributed by atoms with Crippen molar-refractivity contribution in [2.45, 2.75) is 31.6 Å². The van der Waals surface area contributed by atoms with E-state index in [2.05, 4.69) is 4.72 Å². The molecule has 1 saturated heterocycles. The molecule has 1 aliphatic heterocycles. The molecule has 1 heterocycles. The zero-order valence-corrected chi connectivity index (χ0v) is 17.6. The van der Waals surface area contributed by atoms with E-state index >= 15 is 0 Å². The van der Waals surface area contributed by atoms with Crippen LogP contribution in [-0.2, 0) is 29.1 Å². The third kappa shape index (κ3) is 5.77. The van der Waals surface area contributed by atoms with Crippen LogP contribution in [0, 0.1) is 12.8 Å². The standard InChI is InChI=1S/C19H26N2O7S/c1-4-20-29(25,26)15-6-5-13(2)16(11-15)19(24)28-12-17(22)21-9-7-14(8-10-21)18(23)27-3/h5-6,11,14,20H,4,7-10,12H2,1-3H3. The van der Waals surface area contributed by atoms with Crippen LogP contribution in [0.5, 0.6) is 0 Å². The minimum atomic E-state index is -3.72. The van der Waals surface area contributed by atoms with Gasteiger partial charge >= 0.3 is 11.9 Å². The highest BCUT2D eigenvalue weighted by Gasteiger charge is 2.28. The average Bonchev–Trinajstić information content (AvgIpc) is 2.71. The minimum Gasteiger partial charge on any atom is -0.469 e. The van der Waals surface area contributed by atoms with Gasteiger partial charge in [0, 0.05) is 19.6 Å². The number of hydrogen-bond acceptors (Lipinski definition) is 7. The van der Waals surface area contributed by atoms with Crippen molar-refractivity contribution in [3.05, 3.63) is 29.3 Å². The second kappa shape index (κ2) is 9.84. The van der Waals surface area contributed by atoms with Gasteiger partial charge in [0.25, 0.3) is 5.91 Å². The summed E-state index contributed by atoms with van der Waals surface area (Å²) in [7, 11) is -2.38. The maximum Gasteiger partial charge on any atom is 0.338 e. The van der Waals surface area contributed by atoms with Crippen LogP contribution < -0.4 is 4.72 Å². The molecule has 0 unspecified atom stereocenters. The van der Waals surface area contributed by atoms with Gasteiger partial charge in [-0.15, -0.1) is 0 Å². The van der Waals surface area contributed by atoms with Crippen molar-refractivity contribution in [1.82, 2.24) is 9.62 Å². The van der Waals surface area contributed by atoms with E-state index in [1.807, 2.05) is 0 Å². The number of carbonyl (C=O) groups is 3. The molecule has 0 aromatic heterocycles. The van der Waals surface area contributed by atoms with Gasteiger partial charge in [0.2, 0.25) is 10.0 Å². The lowest BCUT2D eigenvalue weighted by atomic mass is 9.97. The summed E-state index contributed by atoms with van der Waals surface area (Å²) in [5, 5.41) is 0. The highest BCUT2D eigenvalue weighted by molar-refractivity contribution is 7.89. The molecule has 1 fully saturated rings. The quantitative estimate of drug-likeness (QED) is 0.642. The lowest BCUT2D eigenvalue weighted by Crippen LogP contribution is -2.42. The van der Waals surface area contributed by atoms with Gasteiger partial charge in [-0.05, 0) is 37.5 Å². The number of likely N-dealkylation sites (tertiary alicyclic amines) is 1. The Hall–Kier alpha value is -2.46. The third-order valence-electron chi connectivity index (χ3n) is 4.78. The Bertz CT molecular complexity index is 875. The lowest BCUT2D eigenvalue weighted by molar-refractivity contribution is -0.149. The fourth-order valence-electron chi connectivity index (χ4n) is 3.09. The summed E-state index contributed by atoms with van der Waals surface area (Å²) in [5.74, 6) is -1.65. The molecule has 0 radical (unpaired) electrons. The summed E-state index contributed by atoms with van der Waals surface area (Å²) in [4.78, 5) is 37.7. The topological polar surface area (TPSA) is 119 Å². The Morgan fingerprint density at radius 3 is 2.45 bits per heavy atom. The summed E-state index contributed by atoms with van der Waals surface area (Å²) in [6, 6.07) is 4.16. The molecule has 0 atom stereocenters. The molecule has 10 heteroatoms. The first-order valence-corrected chi connectivity index (χ1v) is 10.8. The van der Waals surface area contributed by atoms with E-state index in [4.69, 9.17) is 9.47 Å². The van der Waals surface area contributed by atoms with Crippen molar-refractivity contribution >= 4 is 27.9 Å². The number of carbonyl (C=O) groups excluding carboxylic acids is 3. The molecule has 2 rings (SSSR count). The number of piperidine rings is 1. The summed E-state index contributed by atoms with van der Waals surface area (Å²) in [6.45, 7) is 3.83. The number of hydrogen-bond donors (Lipinski definition) is 1. The number of nitrogens with one attached hydrogen (secondary N) is 1. The Labute approximate surface area is 170 Å². The first-order chi connectivity index (χ1) is 13.7. The molecule has 1 aliphatic rings. The predicted molar refractivity (Wildman–Crippen MR) is 104 cm³/mol. The van der Waals surface area contributed by atoms with Crippen LogP contribution in [0.25, 0.3) is 0 Å². The minimum absolute atomic E-state index is 0.0480. The smallest absolute Gasteiger partial charge is 0.338 e. The number of aryl methyl sites for hydroxylation is 1. The van der Waals surface area contributed by atoms with Gasteiger partial charge in [-0.2, -0.15) is 0 Å². The van der Waals surface area contributed by atoms with Crippen LogP contribution >= 0.6 is 0 Å². The van der Waals surface area contributed by atoms with Gasteiger partial charge in [0.05, 0.1) is 23.5 Å². The van der Waals surface area contributed by atoms with Gasteiger partial charge in [-0.3, -0.25) is 9.59 Å². The highest BCUT2D eigenvalue weighted by Crippen LogP contribution is 2.19. The fourth-order valence-corrected chi connectivity index (χ4v) is 4.16. The van der Waals surface area contributed by atoms with E-state index in [1.165, 1.54) is 30.2 Å². The Balaban J connectivity index is 1.97. The molecule has 0 bridgehead atoms. The van der Waals surface area contributed by atoms with Crippen LogP contribution in [0.15, 0.2) is 23.1 Å². The van der Waals surface area contributed by atoms with Crippen LogP contribution in [0.3, 0.4) is 0 Å². The number of ether oxygens (including phenoxy) is 2. The van der Waals surface area contributed by atoms with E-state index in [0.29, 0.717) is 31.5 Å². The van der Waals surface area contributed by atoms with Crippen molar-refractivity contribution < 1.29 is 32.3 Å². The molecule has 1 N–H and O–H groups in total. The second-order valence-electron chi connectivity index (χ2n) is 6.73. The number of nitrogens with zero attached hydrogens (tertiary/aromatic N) is 1. The average molecular weight is 426 g/mol. The zero-order chi connectivity index (χ0) is 21.6. The van der Waals surface area contributed by atoms with Crippen LogP contribution in [-0.4, -0.2) is 64.5 Å². The monoisotopic (exact) mass is 426 g/mol. The van der Waals surface area contributed by atoms with Crippen LogP contribution in [0.1, 0.15) is 35.7 Å². The first kappa shape index (κ1) is 22.8. The summed E-state index contributed by atoms with van der Waals surface area (Å²) >= 11 is 0. The normalized spacial score (nSPS) is 15.1. The van der Waals surface area contributed by atoms with Gasteiger partial charge in [0.15, 0.2) is 6.61 Å². The molecule has 1 aromatic carbocycles. The van der Waals surface area contributed by atoms with E-state index in [9.17, 15) is 22.8 Å². The number of methoxy groups -OCH3 is 1. The van der Waals surface area contributed by atoms with Crippen molar-refractivity contribution in [1.29, 1.82) is 0 Å². The van der Waals surface area contributed by atoms with Crippen molar-refractivity contribution in [2.24, 2.45) is 5.92 Å². The fraction of sp³-hybridized carbons (Fsp3) is 0.526. The molecule has 29 heavy (non-hydrogen) atoms. The second-order valence-corrected chi connectivity index (χ2v) is 8.50. The first-order valence-electron chi connectivity index (χ1n) is 9.32. The third-order valence-corrected chi connectivity index (χ3v) is 6.33. The summed E-state index contributed by atoms with van der Waals surface area (Å²) < 4.78 is 36.4. The molecule has 9 nitrogen and oxygen atoms in total. The number of esters is 2. The van der Waals surface area contributed by atoms with Gasteiger partial charge in [-0.1, -0.05) is 13.0 Å². The van der Waals surface area contributed by atoms with Gasteiger partial charge < -0.3 is 14.4 Å². The molecule has 1 aromatic rings. The molecule has 1 amide bonds. The zero-order valence-electron chi connectivity index (χ0n) is 16.8. The van der Waals surface area contributed by atoms with Crippen LogP contribution in [0.2, 0.25) is 0 Å². The lowest BCUT2D eigenvalue weighted by Gasteiger charge is -2.30. The molecule has 160 valence electrons. The van der Waals surface area contributed by atoms with Crippen molar-refractivity contribution in [2.75, 3.05) is 33.4 Å². The Morgan fingerprint density at radius 1 is 1.21 bits per heavy atom.